The summed E-state index contributed by atoms with van der Waals surface area (Å²) in [4.78, 5) is 44.6. The summed E-state index contributed by atoms with van der Waals surface area (Å²) in [5.41, 5.74) is 2.69. The van der Waals surface area contributed by atoms with Gasteiger partial charge in [0.25, 0.3) is 11.5 Å². The molecule has 0 saturated carbocycles. The number of halogens is 2. The largest absolute Gasteiger partial charge is 0.464 e. The van der Waals surface area contributed by atoms with Crippen molar-refractivity contribution in [2.45, 2.75) is 32.2 Å². The number of ether oxygens (including phenoxy) is 1. The lowest BCUT2D eigenvalue weighted by atomic mass is 9.89. The summed E-state index contributed by atoms with van der Waals surface area (Å²) in [6.45, 7) is 2.80. The van der Waals surface area contributed by atoms with Gasteiger partial charge in [-0.25, -0.2) is 14.2 Å². The van der Waals surface area contributed by atoms with Crippen LogP contribution in [0.5, 0.6) is 0 Å². The van der Waals surface area contributed by atoms with Gasteiger partial charge in [0.2, 0.25) is 5.89 Å². The molecule has 1 amide bonds. The number of aromatic nitrogens is 2. The van der Waals surface area contributed by atoms with Gasteiger partial charge in [0.05, 0.1) is 29.1 Å². The molecule has 1 aliphatic rings. The molecule has 212 valence electrons. The lowest BCUT2D eigenvalue weighted by molar-refractivity contribution is 0.0593. The maximum atomic E-state index is 13.9. The van der Waals surface area contributed by atoms with Crippen LogP contribution < -0.4 is 10.9 Å². The summed E-state index contributed by atoms with van der Waals surface area (Å²) < 4.78 is 24.7. The van der Waals surface area contributed by atoms with Crippen molar-refractivity contribution in [1.82, 2.24) is 14.5 Å². The first-order valence-corrected chi connectivity index (χ1v) is 13.4. The summed E-state index contributed by atoms with van der Waals surface area (Å²) in [6.07, 6.45) is 4.05. The number of piperidine rings is 1. The first-order chi connectivity index (χ1) is 19.7. The third kappa shape index (κ3) is 6.33. The van der Waals surface area contributed by atoms with E-state index in [1.807, 2.05) is 19.1 Å². The van der Waals surface area contributed by atoms with Crippen LogP contribution in [-0.4, -0.2) is 46.5 Å². The predicted molar refractivity (Wildman–Crippen MR) is 151 cm³/mol. The molecule has 0 atom stereocenters. The summed E-state index contributed by atoms with van der Waals surface area (Å²) in [5, 5.41) is 3.61. The van der Waals surface area contributed by atoms with Crippen molar-refractivity contribution in [1.29, 1.82) is 0 Å². The smallest absolute Gasteiger partial charge is 0.360 e. The highest BCUT2D eigenvalue weighted by Crippen LogP contribution is 2.31. The van der Waals surface area contributed by atoms with Gasteiger partial charge in [-0.15, -0.1) is 0 Å². The molecule has 1 saturated heterocycles. The number of aryl methyl sites for hydroxylation is 1. The molecule has 3 heterocycles. The highest BCUT2D eigenvalue weighted by atomic mass is 35.5. The fourth-order valence-electron chi connectivity index (χ4n) is 4.90. The Kier molecular flexibility index (Phi) is 8.21. The van der Waals surface area contributed by atoms with Crippen molar-refractivity contribution in [2.24, 2.45) is 0 Å². The molecule has 0 radical (unpaired) electrons. The first kappa shape index (κ1) is 28.1. The number of anilines is 2. The van der Waals surface area contributed by atoms with E-state index in [0.717, 1.165) is 30.2 Å². The zero-order valence-electron chi connectivity index (χ0n) is 22.5. The molecule has 0 unspecified atom stereocenters. The number of carbonyl (C=O) groups excluding carboxylic acids is 2. The van der Waals surface area contributed by atoms with Gasteiger partial charge in [0, 0.05) is 25.4 Å². The van der Waals surface area contributed by atoms with Crippen molar-refractivity contribution in [2.75, 3.05) is 25.5 Å². The molecule has 9 nitrogen and oxygen atoms in total. The van der Waals surface area contributed by atoms with Gasteiger partial charge in [0.15, 0.2) is 5.69 Å². The highest BCUT2D eigenvalue weighted by Gasteiger charge is 2.27. The second-order valence-corrected chi connectivity index (χ2v) is 10.3. The Hall–Kier alpha value is -4.44. The highest BCUT2D eigenvalue weighted by molar-refractivity contribution is 6.33. The van der Waals surface area contributed by atoms with Gasteiger partial charge >= 0.3 is 5.97 Å². The molecule has 0 aliphatic carbocycles. The quantitative estimate of drug-likeness (QED) is 0.287. The number of pyridine rings is 1. The van der Waals surface area contributed by atoms with E-state index in [4.69, 9.17) is 16.0 Å². The fraction of sp³-hybridized carbons (Fsp3) is 0.267. The predicted octanol–water partition coefficient (Wildman–Crippen LogP) is 5.54. The number of nitrogens with one attached hydrogen (secondary N) is 1. The van der Waals surface area contributed by atoms with Crippen LogP contribution in [0.4, 0.5) is 15.8 Å². The Morgan fingerprint density at radius 1 is 1.12 bits per heavy atom. The second-order valence-electron chi connectivity index (χ2n) is 9.91. The minimum atomic E-state index is -0.665. The number of methoxy groups -OCH3 is 1. The number of oxazole rings is 1. The fourth-order valence-corrected chi connectivity index (χ4v) is 5.06. The zero-order valence-corrected chi connectivity index (χ0v) is 23.3. The number of hydrogen-bond acceptors (Lipinski definition) is 7. The number of carbonyl (C=O) groups is 2. The van der Waals surface area contributed by atoms with E-state index < -0.39 is 11.5 Å². The minimum absolute atomic E-state index is 0.0248. The number of nitrogens with zero attached hydrogens (tertiary/aromatic N) is 3. The lowest BCUT2D eigenvalue weighted by Gasteiger charge is -2.33. The van der Waals surface area contributed by atoms with Crippen LogP contribution in [0.25, 0.3) is 0 Å². The molecular formula is C30H28ClFN4O5. The number of amides is 1. The van der Waals surface area contributed by atoms with Gasteiger partial charge in [0.1, 0.15) is 18.6 Å². The third-order valence-corrected chi connectivity index (χ3v) is 7.45. The number of esters is 1. The van der Waals surface area contributed by atoms with Crippen molar-refractivity contribution >= 4 is 34.9 Å². The van der Waals surface area contributed by atoms with Crippen LogP contribution in [-0.2, 0) is 11.3 Å². The third-order valence-electron chi connectivity index (χ3n) is 7.12. The number of rotatable bonds is 7. The molecule has 0 bridgehead atoms. The summed E-state index contributed by atoms with van der Waals surface area (Å²) in [6, 6.07) is 13.2. The SMILES string of the molecule is COC(=O)c1coc(Cn2cc(C(=O)N3CCC(c4ccc(F)cc4)CC3)c(Nc3cc(C)ccc3Cl)cc2=O)n1. The van der Waals surface area contributed by atoms with E-state index in [1.165, 1.54) is 36.1 Å². The molecular weight excluding hydrogens is 551 g/mol. The van der Waals surface area contributed by atoms with Gasteiger partial charge in [-0.05, 0) is 61.1 Å². The Labute approximate surface area is 240 Å². The van der Waals surface area contributed by atoms with E-state index >= 15 is 0 Å². The molecule has 1 aliphatic heterocycles. The van der Waals surface area contributed by atoms with Crippen LogP contribution in [0.2, 0.25) is 5.02 Å². The van der Waals surface area contributed by atoms with Crippen LogP contribution in [0.15, 0.2) is 70.2 Å². The molecule has 0 spiro atoms. The first-order valence-electron chi connectivity index (χ1n) is 13.1. The van der Waals surface area contributed by atoms with Crippen LogP contribution in [0.3, 0.4) is 0 Å². The van der Waals surface area contributed by atoms with E-state index in [1.54, 1.807) is 23.1 Å². The van der Waals surface area contributed by atoms with Gasteiger partial charge < -0.3 is 23.9 Å². The maximum Gasteiger partial charge on any atom is 0.360 e. The average Bonchev–Trinajstić information content (AvgIpc) is 3.44. The topological polar surface area (TPSA) is 107 Å². The molecule has 1 fully saturated rings. The standard InChI is InChI=1S/C30H28ClFN4O5/c1-18-3-8-23(31)25(13-18)33-24-14-28(37)36(16-27-34-26(17-41-27)30(39)40-2)15-22(24)29(38)35-11-9-20(10-12-35)19-4-6-21(32)7-5-19/h3-8,13-15,17,20,33H,9-12,16H2,1-2H3. The summed E-state index contributed by atoms with van der Waals surface area (Å²) in [5.74, 6) is -0.886. The van der Waals surface area contributed by atoms with Crippen LogP contribution in [0.1, 0.15) is 56.6 Å². The Balaban J connectivity index is 1.44. The minimum Gasteiger partial charge on any atom is -0.464 e. The van der Waals surface area contributed by atoms with Gasteiger partial charge in [-0.2, -0.15) is 0 Å². The Bertz CT molecular complexity index is 1640. The number of benzene rings is 2. The van der Waals surface area contributed by atoms with Gasteiger partial charge in [-0.1, -0.05) is 29.8 Å². The molecule has 11 heteroatoms. The molecule has 1 N–H and O–H groups in total. The molecule has 2 aromatic carbocycles. The van der Waals surface area contributed by atoms with E-state index in [0.29, 0.717) is 29.5 Å². The van der Waals surface area contributed by atoms with Crippen molar-refractivity contribution < 1.29 is 23.1 Å². The van der Waals surface area contributed by atoms with Crippen molar-refractivity contribution in [3.05, 3.63) is 110 Å². The Morgan fingerprint density at radius 2 is 1.85 bits per heavy atom. The van der Waals surface area contributed by atoms with E-state index in [2.05, 4.69) is 15.0 Å². The lowest BCUT2D eigenvalue weighted by Crippen LogP contribution is -2.39. The molecule has 2 aromatic heterocycles. The number of hydrogen-bond donors (Lipinski definition) is 1. The maximum absolute atomic E-state index is 13.9. The van der Waals surface area contributed by atoms with Crippen molar-refractivity contribution in [3.63, 3.8) is 0 Å². The monoisotopic (exact) mass is 578 g/mol. The Morgan fingerprint density at radius 3 is 2.56 bits per heavy atom. The second kappa shape index (κ2) is 12.0. The van der Waals surface area contributed by atoms with Gasteiger partial charge in [-0.3, -0.25) is 9.59 Å². The van der Waals surface area contributed by atoms with E-state index in [-0.39, 0.29) is 41.3 Å². The van der Waals surface area contributed by atoms with Crippen LogP contribution >= 0.6 is 11.6 Å². The van der Waals surface area contributed by atoms with E-state index in [9.17, 15) is 18.8 Å². The molecule has 41 heavy (non-hydrogen) atoms. The molecule has 4 aromatic rings. The normalized spacial score (nSPS) is 13.7. The number of likely N-dealkylation sites (tertiary alicyclic amines) is 1. The average molecular weight is 579 g/mol. The summed E-state index contributed by atoms with van der Waals surface area (Å²) >= 11 is 6.41. The van der Waals surface area contributed by atoms with Crippen molar-refractivity contribution in [3.8, 4) is 0 Å². The van der Waals surface area contributed by atoms with Crippen LogP contribution in [0, 0.1) is 12.7 Å². The zero-order chi connectivity index (χ0) is 29.1. The summed E-state index contributed by atoms with van der Waals surface area (Å²) in [7, 11) is 1.23. The molecule has 5 rings (SSSR count).